The summed E-state index contributed by atoms with van der Waals surface area (Å²) in [5, 5.41) is 18.2. The Morgan fingerprint density at radius 2 is 2.17 bits per heavy atom. The minimum Gasteiger partial charge on any atom is -0.478 e. The Bertz CT molecular complexity index is 470. The predicted molar refractivity (Wildman–Crippen MR) is 70.0 cm³/mol. The van der Waals surface area contributed by atoms with Gasteiger partial charge in [0.25, 0.3) is 0 Å². The Balaban J connectivity index is 2.40. The number of aliphatic hydroxyl groups excluding tert-OH is 1. The lowest BCUT2D eigenvalue weighted by molar-refractivity contribution is 0.0698. The van der Waals surface area contributed by atoms with Gasteiger partial charge in [0.2, 0.25) is 0 Å². The summed E-state index contributed by atoms with van der Waals surface area (Å²) in [5.74, 6) is -1.02. The van der Waals surface area contributed by atoms with Crippen LogP contribution in [-0.4, -0.2) is 35.4 Å². The number of hydrogen-bond acceptors (Lipinski definition) is 4. The first-order valence-electron chi connectivity index (χ1n) is 6.05. The molecule has 1 fully saturated rings. The third-order valence-corrected chi connectivity index (χ3v) is 3.26. The van der Waals surface area contributed by atoms with E-state index in [2.05, 4.69) is 4.90 Å². The van der Waals surface area contributed by atoms with Crippen molar-refractivity contribution in [3.8, 4) is 0 Å². The number of carboxylic acids is 1. The largest absolute Gasteiger partial charge is 0.478 e. The van der Waals surface area contributed by atoms with E-state index in [9.17, 15) is 4.79 Å². The third kappa shape index (κ3) is 2.41. The first kappa shape index (κ1) is 12.7. The van der Waals surface area contributed by atoms with Gasteiger partial charge in [0.15, 0.2) is 0 Å². The van der Waals surface area contributed by atoms with Gasteiger partial charge < -0.3 is 20.8 Å². The van der Waals surface area contributed by atoms with Crippen LogP contribution in [0, 0.1) is 6.92 Å². The van der Waals surface area contributed by atoms with E-state index in [1.165, 1.54) is 0 Å². The summed E-state index contributed by atoms with van der Waals surface area (Å²) < 4.78 is 0. The van der Waals surface area contributed by atoms with Crippen molar-refractivity contribution >= 4 is 17.3 Å². The van der Waals surface area contributed by atoms with Gasteiger partial charge in [-0.2, -0.15) is 0 Å². The number of nitrogens with zero attached hydrogens (tertiary/aromatic N) is 1. The molecule has 2 rings (SSSR count). The molecule has 5 nitrogen and oxygen atoms in total. The smallest absolute Gasteiger partial charge is 0.337 e. The standard InChI is InChI=1S/C13H18N2O3/c1-8-6-10(7-11(12(8)14)13(17)18)15(4-5-16)9-2-3-9/h6-7,9,16H,2-5,14H2,1H3,(H,17,18). The molecule has 1 aliphatic carbocycles. The fraction of sp³-hybridized carbons (Fsp3) is 0.462. The summed E-state index contributed by atoms with van der Waals surface area (Å²) in [6.07, 6.45) is 2.18. The van der Waals surface area contributed by atoms with Gasteiger partial charge in [-0.05, 0) is 37.5 Å². The highest BCUT2D eigenvalue weighted by molar-refractivity contribution is 5.95. The highest BCUT2D eigenvalue weighted by atomic mass is 16.4. The van der Waals surface area contributed by atoms with Gasteiger partial charge in [0.05, 0.1) is 12.2 Å². The number of aromatic carboxylic acids is 1. The Morgan fingerprint density at radius 1 is 1.50 bits per heavy atom. The molecular weight excluding hydrogens is 232 g/mol. The zero-order valence-corrected chi connectivity index (χ0v) is 10.4. The molecule has 4 N–H and O–H groups in total. The summed E-state index contributed by atoms with van der Waals surface area (Å²) in [7, 11) is 0. The first-order valence-corrected chi connectivity index (χ1v) is 6.05. The maximum atomic E-state index is 11.1. The van der Waals surface area contributed by atoms with Gasteiger partial charge in [-0.25, -0.2) is 4.79 Å². The van der Waals surface area contributed by atoms with E-state index in [0.29, 0.717) is 18.3 Å². The Kier molecular flexibility index (Phi) is 3.43. The summed E-state index contributed by atoms with van der Waals surface area (Å²) in [5.41, 5.74) is 7.80. The van der Waals surface area contributed by atoms with Crippen molar-refractivity contribution < 1.29 is 15.0 Å². The summed E-state index contributed by atoms with van der Waals surface area (Å²) in [4.78, 5) is 13.2. The molecule has 0 aromatic heterocycles. The molecule has 1 saturated carbocycles. The molecule has 0 unspecified atom stereocenters. The van der Waals surface area contributed by atoms with Crippen molar-refractivity contribution in [2.45, 2.75) is 25.8 Å². The summed E-state index contributed by atoms with van der Waals surface area (Å²) >= 11 is 0. The van der Waals surface area contributed by atoms with Crippen molar-refractivity contribution in [3.05, 3.63) is 23.3 Å². The average molecular weight is 250 g/mol. The highest BCUT2D eigenvalue weighted by Crippen LogP contribution is 2.34. The average Bonchev–Trinajstić information content (AvgIpc) is 3.13. The SMILES string of the molecule is Cc1cc(N(CCO)C2CC2)cc(C(=O)O)c1N. The summed E-state index contributed by atoms with van der Waals surface area (Å²) in [6, 6.07) is 3.90. The van der Waals surface area contributed by atoms with E-state index in [4.69, 9.17) is 15.9 Å². The van der Waals surface area contributed by atoms with E-state index in [1.54, 1.807) is 13.0 Å². The normalized spacial score (nSPS) is 14.6. The Hall–Kier alpha value is -1.75. The number of carbonyl (C=O) groups is 1. The lowest BCUT2D eigenvalue weighted by Gasteiger charge is -2.25. The molecule has 5 heteroatoms. The predicted octanol–water partition coefficient (Wildman–Crippen LogP) is 1.24. The van der Waals surface area contributed by atoms with Crippen LogP contribution < -0.4 is 10.6 Å². The second-order valence-electron chi connectivity index (χ2n) is 4.68. The fourth-order valence-electron chi connectivity index (χ4n) is 2.14. The number of carboxylic acid groups (broad SMARTS) is 1. The van der Waals surface area contributed by atoms with Crippen LogP contribution in [-0.2, 0) is 0 Å². The topological polar surface area (TPSA) is 86.8 Å². The maximum absolute atomic E-state index is 11.1. The van der Waals surface area contributed by atoms with Crippen molar-refractivity contribution in [3.63, 3.8) is 0 Å². The summed E-state index contributed by atoms with van der Waals surface area (Å²) in [6.45, 7) is 2.38. The molecule has 0 aliphatic heterocycles. The fourth-order valence-corrected chi connectivity index (χ4v) is 2.14. The number of hydrogen-bond donors (Lipinski definition) is 3. The van der Waals surface area contributed by atoms with Crippen LogP contribution in [0.4, 0.5) is 11.4 Å². The van der Waals surface area contributed by atoms with E-state index in [1.807, 2.05) is 6.07 Å². The minimum absolute atomic E-state index is 0.0579. The van der Waals surface area contributed by atoms with Gasteiger partial charge in [-0.3, -0.25) is 0 Å². The molecule has 0 saturated heterocycles. The van der Waals surface area contributed by atoms with E-state index >= 15 is 0 Å². The van der Waals surface area contributed by atoms with Crippen LogP contribution >= 0.6 is 0 Å². The van der Waals surface area contributed by atoms with Crippen LogP contribution in [0.5, 0.6) is 0 Å². The monoisotopic (exact) mass is 250 g/mol. The molecule has 98 valence electrons. The molecule has 0 amide bonds. The molecule has 1 aromatic carbocycles. The second kappa shape index (κ2) is 4.86. The number of aryl methyl sites for hydroxylation is 1. The number of nitrogens with two attached hydrogens (primary N) is 1. The van der Waals surface area contributed by atoms with Crippen LogP contribution in [0.2, 0.25) is 0 Å². The van der Waals surface area contributed by atoms with Crippen molar-refractivity contribution in [1.29, 1.82) is 0 Å². The molecule has 0 heterocycles. The molecule has 1 aromatic rings. The van der Waals surface area contributed by atoms with Gasteiger partial charge >= 0.3 is 5.97 Å². The molecule has 18 heavy (non-hydrogen) atoms. The second-order valence-corrected chi connectivity index (χ2v) is 4.68. The van der Waals surface area contributed by atoms with Crippen LogP contribution in [0.25, 0.3) is 0 Å². The third-order valence-electron chi connectivity index (χ3n) is 3.26. The van der Waals surface area contributed by atoms with E-state index in [0.717, 1.165) is 24.1 Å². The van der Waals surface area contributed by atoms with Crippen molar-refractivity contribution in [2.75, 3.05) is 23.8 Å². The van der Waals surface area contributed by atoms with Crippen LogP contribution in [0.15, 0.2) is 12.1 Å². The minimum atomic E-state index is -1.02. The zero-order chi connectivity index (χ0) is 13.3. The number of rotatable bonds is 5. The van der Waals surface area contributed by atoms with Crippen molar-refractivity contribution in [2.24, 2.45) is 0 Å². The highest BCUT2D eigenvalue weighted by Gasteiger charge is 2.29. The Morgan fingerprint density at radius 3 is 2.67 bits per heavy atom. The molecule has 0 spiro atoms. The molecular formula is C13H18N2O3. The number of anilines is 2. The van der Waals surface area contributed by atoms with Gasteiger partial charge in [0.1, 0.15) is 0 Å². The number of nitrogen functional groups attached to an aromatic ring is 1. The quantitative estimate of drug-likeness (QED) is 0.684. The van der Waals surface area contributed by atoms with Gasteiger partial charge in [-0.1, -0.05) is 0 Å². The molecule has 0 radical (unpaired) electrons. The van der Waals surface area contributed by atoms with E-state index < -0.39 is 5.97 Å². The van der Waals surface area contributed by atoms with Crippen molar-refractivity contribution in [1.82, 2.24) is 0 Å². The molecule has 0 atom stereocenters. The maximum Gasteiger partial charge on any atom is 0.337 e. The van der Waals surface area contributed by atoms with Crippen LogP contribution in [0.1, 0.15) is 28.8 Å². The lowest BCUT2D eigenvalue weighted by atomic mass is 10.1. The number of benzene rings is 1. The lowest BCUT2D eigenvalue weighted by Crippen LogP contribution is -2.29. The van der Waals surface area contributed by atoms with Gasteiger partial charge in [-0.15, -0.1) is 0 Å². The Labute approximate surface area is 106 Å². The number of aliphatic hydroxyl groups is 1. The van der Waals surface area contributed by atoms with Crippen LogP contribution in [0.3, 0.4) is 0 Å². The molecule has 1 aliphatic rings. The zero-order valence-electron chi connectivity index (χ0n) is 10.4. The van der Waals surface area contributed by atoms with E-state index in [-0.39, 0.29) is 12.2 Å². The molecule has 0 bridgehead atoms. The van der Waals surface area contributed by atoms with Gasteiger partial charge in [0, 0.05) is 24.0 Å². The first-order chi connectivity index (χ1) is 8.54.